The van der Waals surface area contributed by atoms with Gasteiger partial charge in [0.15, 0.2) is 0 Å². The summed E-state index contributed by atoms with van der Waals surface area (Å²) in [6.45, 7) is 0. The van der Waals surface area contributed by atoms with Crippen molar-refractivity contribution in [3.05, 3.63) is 63.7 Å². The van der Waals surface area contributed by atoms with E-state index in [-0.39, 0.29) is 5.56 Å². The van der Waals surface area contributed by atoms with Crippen molar-refractivity contribution in [2.24, 2.45) is 7.05 Å². The van der Waals surface area contributed by atoms with Crippen LogP contribution in [0.25, 0.3) is 16.7 Å². The van der Waals surface area contributed by atoms with E-state index in [1.165, 1.54) is 23.2 Å². The Balaban J connectivity index is 2.52. The summed E-state index contributed by atoms with van der Waals surface area (Å²) in [5.41, 5.74) is -0.326. The van der Waals surface area contributed by atoms with Crippen LogP contribution in [0.1, 0.15) is 0 Å². The fourth-order valence-corrected chi connectivity index (χ4v) is 1.98. The maximum atomic E-state index is 12.4. The first-order valence-electron chi connectivity index (χ1n) is 5.67. The van der Waals surface area contributed by atoms with Gasteiger partial charge in [-0.25, -0.2) is 14.3 Å². The highest BCUT2D eigenvalue weighted by molar-refractivity contribution is 5.76. The molecule has 94 valence electrons. The van der Waals surface area contributed by atoms with Gasteiger partial charge < -0.3 is 0 Å². The van der Waals surface area contributed by atoms with E-state index in [1.54, 1.807) is 31.3 Å². The number of hydrogen-bond acceptors (Lipinski definition) is 4. The lowest BCUT2D eigenvalue weighted by Gasteiger charge is -2.09. The van der Waals surface area contributed by atoms with Crippen LogP contribution in [0.15, 0.2) is 52.4 Å². The van der Waals surface area contributed by atoms with Gasteiger partial charge in [0.25, 0.3) is 5.56 Å². The lowest BCUT2D eigenvalue weighted by molar-refractivity contribution is 0.759. The molecule has 0 N–H and O–H groups in total. The predicted molar refractivity (Wildman–Crippen MR) is 70.4 cm³/mol. The van der Waals surface area contributed by atoms with Crippen molar-refractivity contribution in [1.29, 1.82) is 0 Å². The molecule has 3 aromatic heterocycles. The van der Waals surface area contributed by atoms with Gasteiger partial charge in [-0.2, -0.15) is 0 Å². The molecular formula is C13H10N4O2. The fraction of sp³-hybridized carbons (Fsp3) is 0.0769. The number of pyridine rings is 2. The van der Waals surface area contributed by atoms with Crippen molar-refractivity contribution in [2.75, 3.05) is 0 Å². The average Bonchev–Trinajstić information content (AvgIpc) is 2.46. The zero-order chi connectivity index (χ0) is 13.4. The topological polar surface area (TPSA) is 69.8 Å². The van der Waals surface area contributed by atoms with Gasteiger partial charge in [-0.3, -0.25) is 14.3 Å². The normalized spacial score (nSPS) is 10.8. The lowest BCUT2D eigenvalue weighted by Crippen LogP contribution is -2.38. The summed E-state index contributed by atoms with van der Waals surface area (Å²) in [7, 11) is 1.60. The summed E-state index contributed by atoms with van der Waals surface area (Å²) in [4.78, 5) is 32.6. The van der Waals surface area contributed by atoms with Crippen LogP contribution < -0.4 is 11.2 Å². The van der Waals surface area contributed by atoms with Crippen molar-refractivity contribution in [2.45, 2.75) is 0 Å². The van der Waals surface area contributed by atoms with Crippen molar-refractivity contribution in [1.82, 2.24) is 19.1 Å². The van der Waals surface area contributed by atoms with E-state index in [9.17, 15) is 9.59 Å². The zero-order valence-electron chi connectivity index (χ0n) is 10.1. The molecule has 0 aliphatic rings. The minimum Gasteiger partial charge on any atom is -0.294 e. The Morgan fingerprint density at radius 1 is 1.11 bits per heavy atom. The first kappa shape index (κ1) is 11.3. The molecule has 19 heavy (non-hydrogen) atoms. The van der Waals surface area contributed by atoms with Gasteiger partial charge in [-0.05, 0) is 18.2 Å². The molecule has 0 spiro atoms. The molecule has 0 saturated heterocycles. The van der Waals surface area contributed by atoms with Gasteiger partial charge in [-0.1, -0.05) is 6.07 Å². The number of nitrogens with zero attached hydrogens (tertiary/aromatic N) is 4. The second-order valence-corrected chi connectivity index (χ2v) is 4.06. The Hall–Kier alpha value is -2.76. The summed E-state index contributed by atoms with van der Waals surface area (Å²) < 4.78 is 2.45. The number of rotatable bonds is 1. The molecule has 6 heteroatoms. The van der Waals surface area contributed by atoms with Gasteiger partial charge in [0.2, 0.25) is 0 Å². The molecule has 0 amide bonds. The molecule has 0 fully saturated rings. The summed E-state index contributed by atoms with van der Waals surface area (Å²) in [6, 6.07) is 6.67. The molecule has 0 aromatic carbocycles. The third-order valence-electron chi connectivity index (χ3n) is 2.95. The Labute approximate surface area is 107 Å². The molecule has 3 rings (SSSR count). The van der Waals surface area contributed by atoms with Crippen LogP contribution in [0.2, 0.25) is 0 Å². The first-order chi connectivity index (χ1) is 9.20. The minimum absolute atomic E-state index is 0.312. The molecule has 6 nitrogen and oxygen atoms in total. The number of fused-ring (bicyclic) bond motifs is 1. The van der Waals surface area contributed by atoms with Gasteiger partial charge in [0.05, 0.1) is 17.1 Å². The van der Waals surface area contributed by atoms with E-state index in [0.29, 0.717) is 16.7 Å². The molecule has 0 aliphatic carbocycles. The molecule has 0 atom stereocenters. The smallest absolute Gasteiger partial charge is 0.294 e. The molecule has 3 aromatic rings. The van der Waals surface area contributed by atoms with E-state index in [2.05, 4.69) is 9.97 Å². The van der Waals surface area contributed by atoms with Crippen molar-refractivity contribution in [3.63, 3.8) is 0 Å². The molecular weight excluding hydrogens is 244 g/mol. The number of hydrogen-bond donors (Lipinski definition) is 0. The molecule has 0 unspecified atom stereocenters. The van der Waals surface area contributed by atoms with Crippen LogP contribution in [0.4, 0.5) is 0 Å². The monoisotopic (exact) mass is 254 g/mol. The third kappa shape index (κ3) is 1.65. The summed E-state index contributed by atoms with van der Waals surface area (Å²) >= 11 is 0. The maximum absolute atomic E-state index is 12.4. The fourth-order valence-electron chi connectivity index (χ4n) is 1.98. The van der Waals surface area contributed by atoms with Gasteiger partial charge in [0, 0.05) is 19.4 Å². The Bertz CT molecular complexity index is 865. The van der Waals surface area contributed by atoms with Crippen LogP contribution >= 0.6 is 0 Å². The second-order valence-electron chi connectivity index (χ2n) is 4.06. The summed E-state index contributed by atoms with van der Waals surface area (Å²) in [5.74, 6) is 0.312. The number of aryl methyl sites for hydroxylation is 1. The van der Waals surface area contributed by atoms with E-state index >= 15 is 0 Å². The summed E-state index contributed by atoms with van der Waals surface area (Å²) in [5, 5.41) is 0.433. The van der Waals surface area contributed by atoms with Crippen LogP contribution in [-0.2, 0) is 7.05 Å². The minimum atomic E-state index is -0.441. The second kappa shape index (κ2) is 4.16. The maximum Gasteiger partial charge on any atom is 0.337 e. The summed E-state index contributed by atoms with van der Waals surface area (Å²) in [6.07, 6.45) is 4.57. The van der Waals surface area contributed by atoms with Gasteiger partial charge in [0.1, 0.15) is 5.82 Å². The molecule has 3 heterocycles. The standard InChI is InChI=1S/C13H10N4O2/c1-16-10-8-14-7-5-9(10)12(18)17(13(16)19)11-4-2-3-6-15-11/h2-8H,1H3. The third-order valence-corrected chi connectivity index (χ3v) is 2.95. The zero-order valence-corrected chi connectivity index (χ0v) is 10.1. The largest absolute Gasteiger partial charge is 0.337 e. The SMILES string of the molecule is Cn1c(=O)n(-c2ccccn2)c(=O)c2ccncc21. The van der Waals surface area contributed by atoms with Crippen LogP contribution in [0.3, 0.4) is 0 Å². The first-order valence-corrected chi connectivity index (χ1v) is 5.67. The Morgan fingerprint density at radius 3 is 2.68 bits per heavy atom. The van der Waals surface area contributed by atoms with E-state index in [0.717, 1.165) is 4.57 Å². The molecule has 0 aliphatic heterocycles. The van der Waals surface area contributed by atoms with E-state index < -0.39 is 5.69 Å². The quantitative estimate of drug-likeness (QED) is 0.633. The van der Waals surface area contributed by atoms with Crippen LogP contribution in [-0.4, -0.2) is 19.1 Å². The Kier molecular flexibility index (Phi) is 2.49. The van der Waals surface area contributed by atoms with Crippen molar-refractivity contribution < 1.29 is 0 Å². The molecule has 0 bridgehead atoms. The van der Waals surface area contributed by atoms with Crippen LogP contribution in [0.5, 0.6) is 0 Å². The predicted octanol–water partition coefficient (Wildman–Crippen LogP) is 0.479. The lowest BCUT2D eigenvalue weighted by atomic mass is 10.3. The van der Waals surface area contributed by atoms with E-state index in [4.69, 9.17) is 0 Å². The van der Waals surface area contributed by atoms with Crippen molar-refractivity contribution >= 4 is 10.9 Å². The van der Waals surface area contributed by atoms with Gasteiger partial charge >= 0.3 is 5.69 Å². The highest BCUT2D eigenvalue weighted by Crippen LogP contribution is 2.05. The van der Waals surface area contributed by atoms with Crippen molar-refractivity contribution in [3.8, 4) is 5.82 Å². The van der Waals surface area contributed by atoms with Crippen LogP contribution in [0, 0.1) is 0 Å². The highest BCUT2D eigenvalue weighted by Gasteiger charge is 2.12. The average molecular weight is 254 g/mol. The highest BCUT2D eigenvalue weighted by atomic mass is 16.2. The van der Waals surface area contributed by atoms with E-state index in [1.807, 2.05) is 0 Å². The number of aromatic nitrogens is 4. The van der Waals surface area contributed by atoms with Gasteiger partial charge in [-0.15, -0.1) is 0 Å². The molecule has 0 saturated carbocycles. The Morgan fingerprint density at radius 2 is 1.95 bits per heavy atom. The molecule has 0 radical (unpaired) electrons.